The molecule has 2 heterocycles. The molecule has 2 aliphatic heterocycles. The first-order chi connectivity index (χ1) is 18.5. The molecule has 1 amide bonds. The number of likely N-dealkylation sites (tertiary alicyclic amines) is 1. The minimum absolute atomic E-state index is 0.0864. The molecule has 0 radical (unpaired) electrons. The molecule has 2 aromatic rings. The van der Waals surface area contributed by atoms with Crippen molar-refractivity contribution in [3.8, 4) is 11.5 Å². The number of rotatable bonds is 12. The molecule has 4 rings (SSSR count). The van der Waals surface area contributed by atoms with Crippen LogP contribution in [0.2, 0.25) is 0 Å². The Labute approximate surface area is 224 Å². The van der Waals surface area contributed by atoms with Gasteiger partial charge in [-0.2, -0.15) is 0 Å². The Morgan fingerprint density at radius 2 is 1.68 bits per heavy atom. The van der Waals surface area contributed by atoms with Gasteiger partial charge >= 0.3 is 0 Å². The predicted molar refractivity (Wildman–Crippen MR) is 145 cm³/mol. The van der Waals surface area contributed by atoms with Gasteiger partial charge in [-0.15, -0.1) is 0 Å². The van der Waals surface area contributed by atoms with Crippen LogP contribution >= 0.6 is 0 Å². The number of carbonyl (C=O) groups excluding carboxylic acids is 2. The molecule has 0 aliphatic carbocycles. The number of ketones is 1. The molecule has 38 heavy (non-hydrogen) atoms. The maximum absolute atomic E-state index is 13.3. The minimum Gasteiger partial charge on any atom is -0.507 e. The van der Waals surface area contributed by atoms with Crippen LogP contribution in [-0.4, -0.2) is 79.2 Å². The standard InChI is InChI=1S/C30H36N2O6/c1-3-18-37-24-10-6-22(7-11-24)27-26(28(33)23-8-12-25(13-9-23)38-19-4-2)29(34)30(35)32(27)15-5-14-31-16-20-36-21-17-31/h3,6-13,27,33H,1,4-5,14-21H2,2H3/b28-26+/t27-/m0/s1. The molecule has 2 saturated heterocycles. The van der Waals surface area contributed by atoms with Gasteiger partial charge in [0.05, 0.1) is 31.4 Å². The van der Waals surface area contributed by atoms with E-state index in [9.17, 15) is 14.7 Å². The molecule has 0 spiro atoms. The summed E-state index contributed by atoms with van der Waals surface area (Å²) in [6, 6.07) is 13.5. The molecule has 8 nitrogen and oxygen atoms in total. The number of nitrogens with zero attached hydrogens (tertiary/aromatic N) is 2. The molecule has 202 valence electrons. The average Bonchev–Trinajstić information content (AvgIpc) is 3.21. The summed E-state index contributed by atoms with van der Waals surface area (Å²) in [6.07, 6.45) is 3.25. The number of morpholine rings is 1. The first-order valence-corrected chi connectivity index (χ1v) is 13.2. The zero-order valence-corrected chi connectivity index (χ0v) is 21.9. The van der Waals surface area contributed by atoms with Crippen molar-refractivity contribution in [3.63, 3.8) is 0 Å². The molecule has 0 aromatic heterocycles. The molecule has 2 aliphatic rings. The lowest BCUT2D eigenvalue weighted by molar-refractivity contribution is -0.140. The molecule has 8 heteroatoms. The highest BCUT2D eigenvalue weighted by Gasteiger charge is 2.45. The van der Waals surface area contributed by atoms with E-state index >= 15 is 0 Å². The fraction of sp³-hybridized carbons (Fsp3) is 0.400. The quantitative estimate of drug-likeness (QED) is 0.194. The number of aliphatic hydroxyl groups excluding tert-OH is 1. The Morgan fingerprint density at radius 1 is 1.03 bits per heavy atom. The fourth-order valence-corrected chi connectivity index (χ4v) is 4.73. The van der Waals surface area contributed by atoms with Crippen LogP contribution in [0.15, 0.2) is 66.8 Å². The second-order valence-electron chi connectivity index (χ2n) is 9.34. The Hall–Kier alpha value is -3.62. The van der Waals surface area contributed by atoms with Crippen molar-refractivity contribution < 1.29 is 28.9 Å². The third-order valence-corrected chi connectivity index (χ3v) is 6.68. The highest BCUT2D eigenvalue weighted by atomic mass is 16.5. The fourth-order valence-electron chi connectivity index (χ4n) is 4.73. The molecular weight excluding hydrogens is 484 g/mol. The number of amides is 1. The largest absolute Gasteiger partial charge is 0.507 e. The van der Waals surface area contributed by atoms with E-state index < -0.39 is 17.7 Å². The highest BCUT2D eigenvalue weighted by molar-refractivity contribution is 6.46. The van der Waals surface area contributed by atoms with Gasteiger partial charge in [0.2, 0.25) is 0 Å². The van der Waals surface area contributed by atoms with Crippen molar-refractivity contribution in [2.75, 3.05) is 52.6 Å². The SMILES string of the molecule is C=CCOc1ccc([C@H]2/C(=C(\O)c3ccc(OCCC)cc3)C(=O)C(=O)N2CCCN2CCOCC2)cc1. The van der Waals surface area contributed by atoms with Crippen LogP contribution in [0.3, 0.4) is 0 Å². The van der Waals surface area contributed by atoms with Crippen LogP contribution in [0, 0.1) is 0 Å². The van der Waals surface area contributed by atoms with Gasteiger partial charge in [-0.05, 0) is 54.8 Å². The van der Waals surface area contributed by atoms with Crippen molar-refractivity contribution in [1.82, 2.24) is 9.80 Å². The summed E-state index contributed by atoms with van der Waals surface area (Å²) in [5.41, 5.74) is 1.27. The molecule has 0 saturated carbocycles. The lowest BCUT2D eigenvalue weighted by atomic mass is 9.95. The van der Waals surface area contributed by atoms with E-state index in [4.69, 9.17) is 14.2 Å². The van der Waals surface area contributed by atoms with Crippen LogP contribution in [-0.2, 0) is 14.3 Å². The molecule has 1 N–H and O–H groups in total. The normalized spacial score (nSPS) is 19.5. The summed E-state index contributed by atoms with van der Waals surface area (Å²) in [7, 11) is 0. The lowest BCUT2D eigenvalue weighted by Crippen LogP contribution is -2.38. The molecule has 2 fully saturated rings. The number of hydrogen-bond acceptors (Lipinski definition) is 7. The van der Waals surface area contributed by atoms with Gasteiger partial charge in [-0.25, -0.2) is 0 Å². The summed E-state index contributed by atoms with van der Waals surface area (Å²) >= 11 is 0. The Morgan fingerprint density at radius 3 is 2.34 bits per heavy atom. The van der Waals surface area contributed by atoms with E-state index in [0.29, 0.717) is 56.5 Å². The van der Waals surface area contributed by atoms with E-state index in [0.717, 1.165) is 31.6 Å². The van der Waals surface area contributed by atoms with Crippen LogP contribution < -0.4 is 9.47 Å². The Kier molecular flexibility index (Phi) is 9.56. The summed E-state index contributed by atoms with van der Waals surface area (Å²) < 4.78 is 16.7. The smallest absolute Gasteiger partial charge is 0.295 e. The zero-order valence-electron chi connectivity index (χ0n) is 21.9. The van der Waals surface area contributed by atoms with Crippen LogP contribution in [0.5, 0.6) is 11.5 Å². The summed E-state index contributed by atoms with van der Waals surface area (Å²) in [4.78, 5) is 30.4. The second kappa shape index (κ2) is 13.3. The number of hydrogen-bond donors (Lipinski definition) is 1. The van der Waals surface area contributed by atoms with Crippen molar-refractivity contribution >= 4 is 17.4 Å². The van der Waals surface area contributed by atoms with Gasteiger partial charge in [0, 0.05) is 31.7 Å². The Balaban J connectivity index is 1.63. The van der Waals surface area contributed by atoms with Crippen molar-refractivity contribution in [2.24, 2.45) is 0 Å². The first-order valence-electron chi connectivity index (χ1n) is 13.2. The summed E-state index contributed by atoms with van der Waals surface area (Å²) in [5.74, 6) is -0.150. The topological polar surface area (TPSA) is 88.5 Å². The van der Waals surface area contributed by atoms with E-state index in [1.54, 1.807) is 47.4 Å². The third kappa shape index (κ3) is 6.44. The number of Topliss-reactive ketones (excluding diaryl/α,β-unsaturated/α-hetero) is 1. The molecular formula is C30H36N2O6. The molecule has 1 atom stereocenters. The zero-order chi connectivity index (χ0) is 26.9. The highest BCUT2D eigenvalue weighted by Crippen LogP contribution is 2.40. The minimum atomic E-state index is -0.704. The van der Waals surface area contributed by atoms with Gasteiger partial charge in [0.1, 0.15) is 23.9 Å². The van der Waals surface area contributed by atoms with Crippen molar-refractivity contribution in [2.45, 2.75) is 25.8 Å². The number of benzene rings is 2. The van der Waals surface area contributed by atoms with E-state index in [-0.39, 0.29) is 11.3 Å². The van der Waals surface area contributed by atoms with Gasteiger partial charge in [-0.3, -0.25) is 14.5 Å². The van der Waals surface area contributed by atoms with Gasteiger partial charge in [0.25, 0.3) is 11.7 Å². The summed E-state index contributed by atoms with van der Waals surface area (Å²) in [5, 5.41) is 11.3. The second-order valence-corrected chi connectivity index (χ2v) is 9.34. The molecule has 0 unspecified atom stereocenters. The van der Waals surface area contributed by atoms with E-state index in [2.05, 4.69) is 11.5 Å². The monoisotopic (exact) mass is 520 g/mol. The Bertz CT molecular complexity index is 1140. The van der Waals surface area contributed by atoms with Crippen molar-refractivity contribution in [3.05, 3.63) is 77.9 Å². The van der Waals surface area contributed by atoms with Crippen LogP contribution in [0.1, 0.15) is 36.9 Å². The third-order valence-electron chi connectivity index (χ3n) is 6.68. The number of ether oxygens (including phenoxy) is 3. The maximum Gasteiger partial charge on any atom is 0.295 e. The first kappa shape index (κ1) is 27.4. The van der Waals surface area contributed by atoms with Crippen LogP contribution in [0.4, 0.5) is 0 Å². The average molecular weight is 521 g/mol. The molecule has 2 aromatic carbocycles. The van der Waals surface area contributed by atoms with Crippen LogP contribution in [0.25, 0.3) is 5.76 Å². The molecule has 0 bridgehead atoms. The van der Waals surface area contributed by atoms with Crippen molar-refractivity contribution in [1.29, 1.82) is 0 Å². The predicted octanol–water partition coefficient (Wildman–Crippen LogP) is 4.18. The van der Waals surface area contributed by atoms with E-state index in [1.165, 1.54) is 0 Å². The summed E-state index contributed by atoms with van der Waals surface area (Å²) in [6.45, 7) is 11.0. The van der Waals surface area contributed by atoms with E-state index in [1.807, 2.05) is 19.1 Å². The van der Waals surface area contributed by atoms with Gasteiger partial charge in [-0.1, -0.05) is 31.7 Å². The number of carbonyl (C=O) groups is 2. The lowest BCUT2D eigenvalue weighted by Gasteiger charge is -2.29. The maximum atomic E-state index is 13.3. The number of aliphatic hydroxyl groups is 1. The van der Waals surface area contributed by atoms with Gasteiger partial charge < -0.3 is 24.2 Å². The van der Waals surface area contributed by atoms with Gasteiger partial charge in [0.15, 0.2) is 0 Å².